The van der Waals surface area contributed by atoms with Crippen molar-refractivity contribution in [1.82, 2.24) is 0 Å². The zero-order valence-electron chi connectivity index (χ0n) is 79.4. The van der Waals surface area contributed by atoms with E-state index in [9.17, 15) is 30.7 Å². The summed E-state index contributed by atoms with van der Waals surface area (Å²) in [7, 11) is 11.4. The number of unbranched alkanes of at least 4 members (excludes halogenated alkanes) is 6. The molecular weight excluding hydrogens is 1670 g/mol. The Labute approximate surface area is 788 Å². The van der Waals surface area contributed by atoms with E-state index in [0.717, 1.165) is 208 Å². The van der Waals surface area contributed by atoms with Gasteiger partial charge >= 0.3 is 0 Å². The van der Waals surface area contributed by atoms with Crippen molar-refractivity contribution < 1.29 is 63.9 Å². The molecule has 0 atom stereocenters. The lowest BCUT2D eigenvalue weighted by molar-refractivity contribution is 0.414. The van der Waals surface area contributed by atoms with Crippen LogP contribution >= 0.6 is 0 Å². The van der Waals surface area contributed by atoms with Crippen LogP contribution in [0.1, 0.15) is 178 Å². The lowest BCUT2D eigenvalue weighted by atomic mass is 10.0. The van der Waals surface area contributed by atoms with E-state index >= 15 is 0 Å². The van der Waals surface area contributed by atoms with Crippen molar-refractivity contribution in [1.29, 1.82) is 0 Å². The first kappa shape index (κ1) is 107. The highest BCUT2D eigenvalue weighted by Gasteiger charge is 2.15. The summed E-state index contributed by atoms with van der Waals surface area (Å²) < 4.78 is 134. The van der Waals surface area contributed by atoms with Gasteiger partial charge < -0.3 is 33.2 Å². The molecule has 0 aliphatic carbocycles. The molecule has 0 fully saturated rings. The Morgan fingerprint density at radius 2 is 0.286 bits per heavy atom. The molecule has 14 rings (SSSR count). The Morgan fingerprint density at radius 3 is 0.391 bits per heavy atom. The van der Waals surface area contributed by atoms with Crippen molar-refractivity contribution in [3.8, 4) is 118 Å². The summed E-state index contributed by atoms with van der Waals surface area (Å²) in [6.45, 7) is 14.9. The minimum Gasteiger partial charge on any atom is -0.497 e. The molecule has 0 aromatic heterocycles. The van der Waals surface area contributed by atoms with E-state index in [1.54, 1.807) is 92.2 Å². The van der Waals surface area contributed by atoms with Gasteiger partial charge in [-0.2, -0.15) is 0 Å². The molecule has 0 spiro atoms. The molecule has 702 valence electrons. The monoisotopic (exact) mass is 1810 g/mol. The van der Waals surface area contributed by atoms with Gasteiger partial charge in [0.05, 0.1) is 49.8 Å². The third kappa shape index (κ3) is 34.7. The van der Waals surface area contributed by atoms with Crippen molar-refractivity contribution in [3.63, 3.8) is 0 Å². The lowest BCUT2D eigenvalue weighted by Crippen LogP contribution is -1.91. The van der Waals surface area contributed by atoms with Gasteiger partial charge in [0, 0.05) is 38.9 Å². The lowest BCUT2D eigenvalue weighted by Gasteiger charge is -2.07. The van der Waals surface area contributed by atoms with Crippen LogP contribution in [0.3, 0.4) is 0 Å². The number of ether oxygens (including phenoxy) is 7. The molecule has 14 heteroatoms. The van der Waals surface area contributed by atoms with Crippen LogP contribution in [0.25, 0.3) is 77.9 Å². The SMILES string of the molecule is C.CCCCCc1ccc(-c2ccc(OC)cc2)c(F)c1.CCCCCc1ccc(-c2ccc(OC)cc2)c(F)c1.CCCCCc1ccc(-c2ccc(OC)cc2)c(F)c1.CCCc1ccc(-c2ccc(OC)cc2)c(F)c1.CCCc1ccc(-c2ccc(OC)cc2)c(F)c1.CCCc1ccc(-c2ccc(OC)cc2)c(F)c1.CCCc1ccc(-c2ccc(OC)cc2)c(F)c1. The van der Waals surface area contributed by atoms with E-state index in [0.29, 0.717) is 38.9 Å². The highest BCUT2D eigenvalue weighted by molar-refractivity contribution is 5.71. The molecule has 0 bridgehead atoms. The number of rotatable bonds is 34. The Morgan fingerprint density at radius 1 is 0.158 bits per heavy atom. The zero-order chi connectivity index (χ0) is 94.9. The van der Waals surface area contributed by atoms with Gasteiger partial charge in [0.25, 0.3) is 0 Å². The third-order valence-electron chi connectivity index (χ3n) is 22.4. The van der Waals surface area contributed by atoms with Crippen LogP contribution in [0, 0.1) is 40.7 Å². The van der Waals surface area contributed by atoms with E-state index in [1.165, 1.54) is 38.5 Å². The molecule has 0 N–H and O–H groups in total. The molecule has 0 heterocycles. The molecule has 0 aliphatic heterocycles. The first-order chi connectivity index (χ1) is 64.2. The van der Waals surface area contributed by atoms with E-state index in [4.69, 9.17) is 33.2 Å². The number of methoxy groups -OCH3 is 7. The van der Waals surface area contributed by atoms with Gasteiger partial charge in [-0.25, -0.2) is 30.7 Å². The van der Waals surface area contributed by atoms with Crippen LogP contribution in [0.4, 0.5) is 30.7 Å². The fraction of sp³-hybridized carbons (Fsp3) is 0.294. The third-order valence-corrected chi connectivity index (χ3v) is 22.4. The van der Waals surface area contributed by atoms with Crippen LogP contribution in [0.15, 0.2) is 297 Å². The molecule has 133 heavy (non-hydrogen) atoms. The maximum absolute atomic E-state index is 14.2. The van der Waals surface area contributed by atoms with Crippen molar-refractivity contribution in [2.45, 2.75) is 184 Å². The van der Waals surface area contributed by atoms with Crippen molar-refractivity contribution in [2.75, 3.05) is 49.8 Å². The highest BCUT2D eigenvalue weighted by atomic mass is 19.2. The van der Waals surface area contributed by atoms with Gasteiger partial charge in [0.15, 0.2) is 0 Å². The van der Waals surface area contributed by atoms with Gasteiger partial charge in [-0.05, 0) is 269 Å². The van der Waals surface area contributed by atoms with Crippen molar-refractivity contribution in [2.24, 2.45) is 0 Å². The molecule has 0 radical (unpaired) electrons. The fourth-order valence-corrected chi connectivity index (χ4v) is 14.9. The summed E-state index contributed by atoms with van der Waals surface area (Å²) in [5.41, 5.74) is 18.0. The van der Waals surface area contributed by atoms with Gasteiger partial charge in [-0.15, -0.1) is 0 Å². The summed E-state index contributed by atoms with van der Waals surface area (Å²) in [5, 5.41) is 0. The highest BCUT2D eigenvalue weighted by Crippen LogP contribution is 2.35. The second-order valence-electron chi connectivity index (χ2n) is 32.2. The average molecular weight is 1810 g/mol. The minimum atomic E-state index is -0.161. The molecule has 0 aliphatic rings. The Kier molecular flexibility index (Phi) is 47.5. The number of hydrogen-bond donors (Lipinski definition) is 0. The molecular formula is C119H135F7O7. The summed E-state index contributed by atoms with van der Waals surface area (Å²) in [5.74, 6) is 4.38. The van der Waals surface area contributed by atoms with Crippen LogP contribution in [-0.2, 0) is 44.9 Å². The van der Waals surface area contributed by atoms with Crippen LogP contribution in [0.2, 0.25) is 0 Å². The van der Waals surface area contributed by atoms with Crippen LogP contribution in [-0.4, -0.2) is 49.8 Å². The van der Waals surface area contributed by atoms with E-state index in [1.807, 2.05) is 255 Å². The maximum atomic E-state index is 14.2. The van der Waals surface area contributed by atoms with E-state index < -0.39 is 0 Å². The Bertz CT molecular complexity index is 5040. The predicted octanol–water partition coefficient (Wildman–Crippen LogP) is 34.2. The second-order valence-corrected chi connectivity index (χ2v) is 32.2. The number of aryl methyl sites for hydroxylation is 7. The van der Waals surface area contributed by atoms with Crippen LogP contribution in [0.5, 0.6) is 40.2 Å². The molecule has 0 amide bonds. The van der Waals surface area contributed by atoms with Gasteiger partial charge in [-0.1, -0.05) is 290 Å². The van der Waals surface area contributed by atoms with Gasteiger partial charge in [-0.3, -0.25) is 0 Å². The van der Waals surface area contributed by atoms with E-state index in [-0.39, 0.29) is 48.1 Å². The average Bonchev–Trinajstić information content (AvgIpc) is 0.864. The molecule has 0 saturated carbocycles. The molecule has 0 saturated heterocycles. The second kappa shape index (κ2) is 58.9. The Balaban J connectivity index is 0.000000212. The normalized spacial score (nSPS) is 10.4. The van der Waals surface area contributed by atoms with Gasteiger partial charge in [0.1, 0.15) is 81.0 Å². The molecule has 0 unspecified atom stereocenters. The topological polar surface area (TPSA) is 64.6 Å². The minimum absolute atomic E-state index is 0. The zero-order valence-corrected chi connectivity index (χ0v) is 79.4. The standard InChI is InChI=1S/3C18H21FO.4C16H17FO.CH4/c3*1-3-4-5-6-14-7-12-17(18(19)13-14)15-8-10-16(20-2)11-9-15;4*1-3-4-12-5-10-15(16(17)11-12)13-6-8-14(18-2)9-7-13;/h3*7-13H,3-6H2,1-2H3;4*5-11H,3-4H2,1-2H3;1H4. The molecule has 7 nitrogen and oxygen atoms in total. The van der Waals surface area contributed by atoms with Crippen LogP contribution < -0.4 is 33.2 Å². The van der Waals surface area contributed by atoms with Crippen molar-refractivity contribution in [3.05, 3.63) is 377 Å². The summed E-state index contributed by atoms with van der Waals surface area (Å²) in [6, 6.07) is 90.7. The summed E-state index contributed by atoms with van der Waals surface area (Å²) in [4.78, 5) is 0. The number of halogens is 7. The smallest absolute Gasteiger partial charge is 0.131 e. The largest absolute Gasteiger partial charge is 0.497 e. The number of benzene rings is 14. The van der Waals surface area contributed by atoms with E-state index in [2.05, 4.69) is 48.5 Å². The molecule has 14 aromatic rings. The van der Waals surface area contributed by atoms with Crippen molar-refractivity contribution >= 4 is 0 Å². The molecule has 14 aromatic carbocycles. The number of hydrogen-bond acceptors (Lipinski definition) is 7. The summed E-state index contributed by atoms with van der Waals surface area (Å²) >= 11 is 0. The quantitative estimate of drug-likeness (QED) is 0.0294. The first-order valence-corrected chi connectivity index (χ1v) is 46.2. The van der Waals surface area contributed by atoms with Gasteiger partial charge in [0.2, 0.25) is 0 Å². The summed E-state index contributed by atoms with van der Waals surface area (Å²) in [6.07, 6.45) is 21.2. The predicted molar refractivity (Wildman–Crippen MR) is 541 cm³/mol. The fourth-order valence-electron chi connectivity index (χ4n) is 14.9. The first-order valence-electron chi connectivity index (χ1n) is 46.2. The maximum Gasteiger partial charge on any atom is 0.131 e. The Hall–Kier alpha value is -12.8.